The molecule has 2 aliphatic rings. The van der Waals surface area contributed by atoms with Crippen LogP contribution in [0.2, 0.25) is 0 Å². The second kappa shape index (κ2) is 9.20. The molecule has 3 atom stereocenters. The molecule has 7 rings (SSSR count). The van der Waals surface area contributed by atoms with Crippen molar-refractivity contribution in [3.05, 3.63) is 89.9 Å². The number of aryl methyl sites for hydroxylation is 2. The van der Waals surface area contributed by atoms with Crippen molar-refractivity contribution in [1.29, 1.82) is 0 Å². The Morgan fingerprint density at radius 1 is 1.05 bits per heavy atom. The minimum Gasteiger partial charge on any atom is -0.310 e. The molecule has 202 valence electrons. The monoisotopic (exact) mass is 558 g/mol. The normalized spacial score (nSPS) is 22.0. The fraction of sp³-hybridized carbons (Fsp3) is 0.250. The number of carbonyl (C=O) groups excluding carboxylic acids is 1. The molecule has 0 spiro atoms. The molecule has 0 bridgehead atoms. The predicted octanol–water partition coefficient (Wildman–Crippen LogP) is 4.28. The van der Waals surface area contributed by atoms with E-state index in [1.165, 1.54) is 41.0 Å². The number of nitrogens with zero attached hydrogens (tertiary/aromatic N) is 7. The first kappa shape index (κ1) is 24.9. The van der Waals surface area contributed by atoms with Crippen LogP contribution in [0.5, 0.6) is 0 Å². The van der Waals surface area contributed by atoms with Crippen molar-refractivity contribution in [3.8, 4) is 5.69 Å². The zero-order valence-corrected chi connectivity index (χ0v) is 22.4. The van der Waals surface area contributed by atoms with E-state index in [4.69, 9.17) is 0 Å². The first-order valence-corrected chi connectivity index (χ1v) is 13.6. The highest BCUT2D eigenvalue weighted by atomic mass is 32.2. The predicted molar refractivity (Wildman–Crippen MR) is 146 cm³/mol. The van der Waals surface area contributed by atoms with Crippen molar-refractivity contribution in [2.75, 3.05) is 18.4 Å². The molecule has 2 fully saturated rings. The van der Waals surface area contributed by atoms with Crippen LogP contribution >= 0.6 is 11.9 Å². The van der Waals surface area contributed by atoms with Gasteiger partial charge in [0.05, 0.1) is 35.7 Å². The Balaban J connectivity index is 1.24. The van der Waals surface area contributed by atoms with Crippen LogP contribution in [0.1, 0.15) is 11.1 Å². The number of rotatable bonds is 6. The zero-order valence-electron chi connectivity index (χ0n) is 21.6. The summed E-state index contributed by atoms with van der Waals surface area (Å²) in [4.78, 5) is 19.1. The molecule has 1 aliphatic heterocycles. The summed E-state index contributed by atoms with van der Waals surface area (Å²) in [7, 11) is 1.78. The van der Waals surface area contributed by atoms with Gasteiger partial charge in [0.2, 0.25) is 5.91 Å². The highest BCUT2D eigenvalue weighted by molar-refractivity contribution is 7.97. The molecule has 1 saturated heterocycles. The average Bonchev–Trinajstić information content (AvgIpc) is 3.29. The van der Waals surface area contributed by atoms with E-state index in [0.29, 0.717) is 18.9 Å². The maximum atomic E-state index is 13.6. The van der Waals surface area contributed by atoms with E-state index in [1.807, 2.05) is 0 Å². The number of amides is 1. The van der Waals surface area contributed by atoms with E-state index in [-0.39, 0.29) is 23.6 Å². The van der Waals surface area contributed by atoms with Crippen LogP contribution in [0, 0.1) is 30.4 Å². The van der Waals surface area contributed by atoms with Crippen molar-refractivity contribution < 1.29 is 13.6 Å². The van der Waals surface area contributed by atoms with Gasteiger partial charge in [0.25, 0.3) is 0 Å². The van der Waals surface area contributed by atoms with E-state index < -0.39 is 11.2 Å². The third kappa shape index (κ3) is 4.06. The van der Waals surface area contributed by atoms with Gasteiger partial charge in [-0.1, -0.05) is 0 Å². The summed E-state index contributed by atoms with van der Waals surface area (Å²) in [5, 5.41) is 17.8. The van der Waals surface area contributed by atoms with Crippen LogP contribution in [0.15, 0.2) is 72.1 Å². The van der Waals surface area contributed by atoms with Gasteiger partial charge in [-0.05, 0) is 84.4 Å². The molecular weight excluding hydrogens is 534 g/mol. The smallest absolute Gasteiger partial charge is 0.229 e. The third-order valence-corrected chi connectivity index (χ3v) is 8.81. The van der Waals surface area contributed by atoms with Crippen molar-refractivity contribution in [1.82, 2.24) is 34.1 Å². The van der Waals surface area contributed by atoms with Gasteiger partial charge in [0, 0.05) is 30.9 Å². The molecule has 0 radical (unpaired) electrons. The molecule has 1 saturated carbocycles. The topological polar surface area (TPSA) is 93.8 Å². The Morgan fingerprint density at radius 2 is 1.85 bits per heavy atom. The lowest BCUT2D eigenvalue weighted by molar-refractivity contribution is -0.118. The number of carbonyl (C=O) groups is 1. The zero-order chi connectivity index (χ0) is 27.6. The molecule has 1 amide bonds. The number of pyridine rings is 1. The van der Waals surface area contributed by atoms with Crippen LogP contribution in [-0.2, 0) is 17.3 Å². The maximum Gasteiger partial charge on any atom is 0.229 e. The van der Waals surface area contributed by atoms with Gasteiger partial charge in [-0.3, -0.25) is 4.79 Å². The summed E-state index contributed by atoms with van der Waals surface area (Å²) >= 11 is 1.54. The molecule has 5 aromatic rings. The molecule has 1 aliphatic carbocycles. The number of piperidine rings is 1. The van der Waals surface area contributed by atoms with E-state index >= 15 is 0 Å². The van der Waals surface area contributed by atoms with E-state index in [9.17, 15) is 13.6 Å². The number of aromatic nitrogens is 6. The SMILES string of the molecule is Cc1cc2c(cnn2-c2ccc(F)cc2)cc1C12CN(Sc3cnn(C)n3)CC1C2C(=O)Nc1ccc(F)cn1. The minimum atomic E-state index is -0.459. The number of anilines is 1. The molecule has 40 heavy (non-hydrogen) atoms. The van der Waals surface area contributed by atoms with Crippen LogP contribution in [-0.4, -0.2) is 53.1 Å². The minimum absolute atomic E-state index is 0.0698. The highest BCUT2D eigenvalue weighted by Crippen LogP contribution is 2.66. The van der Waals surface area contributed by atoms with Crippen molar-refractivity contribution in [2.45, 2.75) is 17.4 Å². The number of hydrogen-bond donors (Lipinski definition) is 1. The van der Waals surface area contributed by atoms with Crippen molar-refractivity contribution >= 4 is 34.6 Å². The first-order chi connectivity index (χ1) is 19.3. The molecule has 12 heteroatoms. The lowest BCUT2D eigenvalue weighted by Gasteiger charge is -2.23. The molecule has 9 nitrogen and oxygen atoms in total. The summed E-state index contributed by atoms with van der Waals surface area (Å²) in [5.74, 6) is -0.774. The summed E-state index contributed by atoms with van der Waals surface area (Å²) in [6.45, 7) is 3.39. The maximum absolute atomic E-state index is 13.6. The number of benzene rings is 2. The molecule has 4 heterocycles. The van der Waals surface area contributed by atoms with Gasteiger partial charge < -0.3 is 5.32 Å². The molecule has 2 aromatic carbocycles. The Morgan fingerprint density at radius 3 is 2.58 bits per heavy atom. The Hall–Kier alpha value is -4.16. The first-order valence-electron chi connectivity index (χ1n) is 12.8. The largest absolute Gasteiger partial charge is 0.310 e. The third-order valence-electron chi connectivity index (χ3n) is 7.90. The van der Waals surface area contributed by atoms with E-state index in [0.717, 1.165) is 38.9 Å². The second-order valence-electron chi connectivity index (χ2n) is 10.3. The number of hydrogen-bond acceptors (Lipinski definition) is 7. The van der Waals surface area contributed by atoms with Gasteiger partial charge in [-0.25, -0.2) is 22.8 Å². The Kier molecular flexibility index (Phi) is 5.72. The van der Waals surface area contributed by atoms with E-state index in [2.05, 4.69) is 49.0 Å². The van der Waals surface area contributed by atoms with Gasteiger partial charge in [-0.15, -0.1) is 5.10 Å². The summed E-state index contributed by atoms with van der Waals surface area (Å²) in [6, 6.07) is 13.2. The lowest BCUT2D eigenvalue weighted by atomic mass is 9.88. The molecule has 3 unspecified atom stereocenters. The standard InChI is InChI=1S/C28H24F2N8OS/c1-16-9-23-17(11-33-38(23)20-6-3-18(29)4-7-20)10-21(16)28-15-37(40-25-13-32-36(2)35-25)14-22(28)26(28)27(39)34-24-8-5-19(30)12-31-24/h3-13,22,26H,14-15H2,1-2H3,(H,31,34,39). The van der Waals surface area contributed by atoms with Crippen molar-refractivity contribution in [2.24, 2.45) is 18.9 Å². The average molecular weight is 559 g/mol. The number of fused-ring (bicyclic) bond motifs is 2. The van der Waals surface area contributed by atoms with Crippen LogP contribution in [0.25, 0.3) is 16.6 Å². The fourth-order valence-corrected chi connectivity index (χ4v) is 7.17. The number of nitrogens with one attached hydrogen (secondary N) is 1. The van der Waals surface area contributed by atoms with Gasteiger partial charge in [-0.2, -0.15) is 15.0 Å². The van der Waals surface area contributed by atoms with Gasteiger partial charge >= 0.3 is 0 Å². The quantitative estimate of drug-likeness (QED) is 0.311. The van der Waals surface area contributed by atoms with Gasteiger partial charge in [0.1, 0.15) is 17.5 Å². The van der Waals surface area contributed by atoms with Gasteiger partial charge in [0.15, 0.2) is 5.03 Å². The Bertz CT molecular complexity index is 1750. The molecule has 1 N–H and O–H groups in total. The summed E-state index contributed by atoms with van der Waals surface area (Å²) in [5.41, 5.74) is 3.39. The van der Waals surface area contributed by atoms with Crippen LogP contribution in [0.3, 0.4) is 0 Å². The summed E-state index contributed by atoms with van der Waals surface area (Å²) in [6.07, 6.45) is 4.62. The summed E-state index contributed by atoms with van der Waals surface area (Å²) < 4.78 is 30.9. The number of halogens is 2. The van der Waals surface area contributed by atoms with Crippen molar-refractivity contribution in [3.63, 3.8) is 0 Å². The molecular formula is C28H24F2N8OS. The lowest BCUT2D eigenvalue weighted by Crippen LogP contribution is -2.30. The van der Waals surface area contributed by atoms with Crippen LogP contribution < -0.4 is 5.32 Å². The van der Waals surface area contributed by atoms with Crippen LogP contribution in [0.4, 0.5) is 14.6 Å². The fourth-order valence-electron chi connectivity index (χ4n) is 6.14. The van der Waals surface area contributed by atoms with E-state index in [1.54, 1.807) is 36.3 Å². The Labute approximate surface area is 232 Å². The highest BCUT2D eigenvalue weighted by Gasteiger charge is 2.73. The molecule has 3 aromatic heterocycles. The second-order valence-corrected chi connectivity index (χ2v) is 11.4.